The molecule has 1 saturated heterocycles. The average molecular weight is 440 g/mol. The van der Waals surface area contributed by atoms with E-state index in [1.807, 2.05) is 18.2 Å². The lowest BCUT2D eigenvalue weighted by atomic mass is 9.98. The van der Waals surface area contributed by atoms with Crippen LogP contribution in [0, 0.1) is 0 Å². The summed E-state index contributed by atoms with van der Waals surface area (Å²) in [6, 6.07) is 13.9. The molecule has 1 fully saturated rings. The zero-order valence-corrected chi connectivity index (χ0v) is 18.4. The van der Waals surface area contributed by atoms with E-state index < -0.39 is 0 Å². The van der Waals surface area contributed by atoms with E-state index in [1.165, 1.54) is 15.3 Å². The van der Waals surface area contributed by atoms with Gasteiger partial charge in [0.05, 0.1) is 18.3 Å². The molecule has 1 amide bonds. The molecule has 7 heteroatoms. The minimum absolute atomic E-state index is 0.0510. The predicted octanol–water partition coefficient (Wildman–Crippen LogP) is 3.81. The fourth-order valence-corrected chi connectivity index (χ4v) is 6.26. The number of hydrogen-bond acceptors (Lipinski definition) is 6. The number of carbonyl (C=O) groups is 1. The average Bonchev–Trinajstić information content (AvgIpc) is 3.46. The van der Waals surface area contributed by atoms with E-state index in [9.17, 15) is 9.90 Å². The van der Waals surface area contributed by atoms with Gasteiger partial charge < -0.3 is 14.9 Å². The van der Waals surface area contributed by atoms with Crippen molar-refractivity contribution in [3.8, 4) is 5.75 Å². The Balaban J connectivity index is 1.26. The Morgan fingerprint density at radius 3 is 2.57 bits per heavy atom. The van der Waals surface area contributed by atoms with Gasteiger partial charge in [0, 0.05) is 42.5 Å². The number of phenolic OH excluding ortho intramolecular Hbond substituents is 1. The zero-order valence-electron chi connectivity index (χ0n) is 16.7. The Morgan fingerprint density at radius 2 is 1.80 bits per heavy atom. The maximum atomic E-state index is 13.3. The van der Waals surface area contributed by atoms with Gasteiger partial charge in [0.25, 0.3) is 0 Å². The molecule has 2 aliphatic heterocycles. The molecule has 0 saturated carbocycles. The third-order valence-corrected chi connectivity index (χ3v) is 7.97. The lowest BCUT2D eigenvalue weighted by Gasteiger charge is -2.39. The van der Waals surface area contributed by atoms with Gasteiger partial charge in [0.15, 0.2) is 0 Å². The Hall–Kier alpha value is -2.35. The van der Waals surface area contributed by atoms with Crippen LogP contribution in [-0.4, -0.2) is 60.1 Å². The normalized spacial score (nSPS) is 19.7. The Morgan fingerprint density at radius 1 is 0.967 bits per heavy atom. The maximum absolute atomic E-state index is 13.3. The Kier molecular flexibility index (Phi) is 5.50. The minimum Gasteiger partial charge on any atom is -0.506 e. The summed E-state index contributed by atoms with van der Waals surface area (Å²) in [6.07, 6.45) is 0.946. The molecule has 5 nitrogen and oxygen atoms in total. The molecule has 156 valence electrons. The molecule has 1 N–H and O–H groups in total. The summed E-state index contributed by atoms with van der Waals surface area (Å²) in [5, 5.41) is 14.4. The first-order valence-corrected chi connectivity index (χ1v) is 12.1. The molecule has 4 heterocycles. The van der Waals surface area contributed by atoms with Gasteiger partial charge in [-0.05, 0) is 47.0 Å². The first kappa shape index (κ1) is 19.6. The van der Waals surface area contributed by atoms with Crippen molar-refractivity contribution in [1.29, 1.82) is 0 Å². The second-order valence-electron chi connectivity index (χ2n) is 7.81. The molecular weight excluding hydrogens is 414 g/mol. The maximum Gasteiger partial charge on any atom is 0.237 e. The molecule has 0 aliphatic carbocycles. The van der Waals surface area contributed by atoms with Gasteiger partial charge in [0.2, 0.25) is 5.91 Å². The van der Waals surface area contributed by atoms with Crippen molar-refractivity contribution < 1.29 is 9.90 Å². The number of fused-ring (bicyclic) bond motifs is 1. The summed E-state index contributed by atoms with van der Waals surface area (Å²) >= 11 is 3.54. The molecule has 2 aliphatic rings. The van der Waals surface area contributed by atoms with Crippen molar-refractivity contribution >= 4 is 34.3 Å². The molecule has 5 rings (SSSR count). The van der Waals surface area contributed by atoms with Crippen LogP contribution in [0.15, 0.2) is 53.2 Å². The number of para-hydroxylation sites is 2. The molecular formula is C23H25N3O2S2. The number of thiophene rings is 2. The van der Waals surface area contributed by atoms with Crippen LogP contribution in [0.5, 0.6) is 5.75 Å². The molecule has 3 aromatic rings. The number of rotatable bonds is 4. The number of nitrogens with zero attached hydrogens (tertiary/aromatic N) is 3. The van der Waals surface area contributed by atoms with Gasteiger partial charge in [-0.15, -0.1) is 22.7 Å². The molecule has 1 unspecified atom stereocenters. The molecule has 30 heavy (non-hydrogen) atoms. The van der Waals surface area contributed by atoms with Crippen molar-refractivity contribution in [3.63, 3.8) is 0 Å². The van der Waals surface area contributed by atoms with Gasteiger partial charge >= 0.3 is 0 Å². The molecule has 1 atom stereocenters. The monoisotopic (exact) mass is 439 g/mol. The van der Waals surface area contributed by atoms with Crippen LogP contribution in [0.2, 0.25) is 0 Å². The first-order valence-electron chi connectivity index (χ1n) is 10.3. The number of benzene rings is 1. The fraction of sp³-hybridized carbons (Fsp3) is 0.348. The van der Waals surface area contributed by atoms with E-state index in [1.54, 1.807) is 28.7 Å². The van der Waals surface area contributed by atoms with E-state index in [4.69, 9.17) is 0 Å². The van der Waals surface area contributed by atoms with Crippen molar-refractivity contribution in [2.75, 3.05) is 44.2 Å². The van der Waals surface area contributed by atoms with E-state index >= 15 is 0 Å². The van der Waals surface area contributed by atoms with Crippen LogP contribution >= 0.6 is 22.7 Å². The number of hydrogen-bond donors (Lipinski definition) is 1. The van der Waals surface area contributed by atoms with Crippen LogP contribution in [0.1, 0.15) is 21.4 Å². The van der Waals surface area contributed by atoms with Crippen molar-refractivity contribution in [3.05, 3.63) is 68.5 Å². The second-order valence-corrected chi connectivity index (χ2v) is 9.79. The highest BCUT2D eigenvalue weighted by Crippen LogP contribution is 2.39. The lowest BCUT2D eigenvalue weighted by molar-refractivity contribution is -0.134. The summed E-state index contributed by atoms with van der Waals surface area (Å²) in [5.74, 6) is 0.530. The largest absolute Gasteiger partial charge is 0.506 e. The van der Waals surface area contributed by atoms with Crippen LogP contribution in [0.25, 0.3) is 0 Å². The predicted molar refractivity (Wildman–Crippen MR) is 123 cm³/mol. The highest BCUT2D eigenvalue weighted by Gasteiger charge is 2.34. The van der Waals surface area contributed by atoms with Crippen LogP contribution in [0.3, 0.4) is 0 Å². The Labute approximate surface area is 184 Å². The standard InChI is InChI=1S/C23H25N3O2S2/c27-19-5-2-1-4-18(19)25-12-10-24(11-13-25)16-22(28)26-9-7-20-17(8-15-30-20)23(26)21-6-3-14-29-21/h1-6,8,14-15,23,27H,7,9-13,16H2. The van der Waals surface area contributed by atoms with E-state index in [-0.39, 0.29) is 11.9 Å². The summed E-state index contributed by atoms with van der Waals surface area (Å²) in [6.45, 7) is 4.51. The third kappa shape index (κ3) is 3.73. The summed E-state index contributed by atoms with van der Waals surface area (Å²) in [7, 11) is 0. The van der Waals surface area contributed by atoms with Gasteiger partial charge in [-0.3, -0.25) is 9.69 Å². The topological polar surface area (TPSA) is 47.0 Å². The van der Waals surface area contributed by atoms with Crippen molar-refractivity contribution in [2.24, 2.45) is 0 Å². The van der Waals surface area contributed by atoms with Gasteiger partial charge in [-0.1, -0.05) is 18.2 Å². The van der Waals surface area contributed by atoms with Gasteiger partial charge in [0.1, 0.15) is 5.75 Å². The van der Waals surface area contributed by atoms with Crippen molar-refractivity contribution in [2.45, 2.75) is 12.5 Å². The second kappa shape index (κ2) is 8.41. The molecule has 0 bridgehead atoms. The summed E-state index contributed by atoms with van der Waals surface area (Å²) < 4.78 is 0. The number of amides is 1. The minimum atomic E-state index is 0.0510. The van der Waals surface area contributed by atoms with Crippen LogP contribution in [0.4, 0.5) is 5.69 Å². The van der Waals surface area contributed by atoms with Gasteiger partial charge in [-0.2, -0.15) is 0 Å². The highest BCUT2D eigenvalue weighted by molar-refractivity contribution is 7.10. The smallest absolute Gasteiger partial charge is 0.237 e. The molecule has 1 aromatic carbocycles. The number of aromatic hydroxyl groups is 1. The van der Waals surface area contributed by atoms with Crippen molar-refractivity contribution in [1.82, 2.24) is 9.80 Å². The Bertz CT molecular complexity index is 1010. The number of anilines is 1. The van der Waals surface area contributed by atoms with E-state index in [0.29, 0.717) is 12.3 Å². The summed E-state index contributed by atoms with van der Waals surface area (Å²) in [4.78, 5) is 22.5. The van der Waals surface area contributed by atoms with E-state index in [2.05, 4.69) is 43.7 Å². The van der Waals surface area contributed by atoms with E-state index in [0.717, 1.165) is 44.8 Å². The quantitative estimate of drug-likeness (QED) is 0.672. The number of piperazine rings is 1. The molecule has 0 spiro atoms. The zero-order chi connectivity index (χ0) is 20.5. The fourth-order valence-electron chi connectivity index (χ4n) is 4.50. The SMILES string of the molecule is O=C(CN1CCN(c2ccccc2O)CC1)N1CCc2sccc2C1c1cccs1. The summed E-state index contributed by atoms with van der Waals surface area (Å²) in [5.41, 5.74) is 2.17. The molecule has 0 radical (unpaired) electrons. The van der Waals surface area contributed by atoms with Crippen LogP contribution in [-0.2, 0) is 11.2 Å². The lowest BCUT2D eigenvalue weighted by Crippen LogP contribution is -2.51. The first-order chi connectivity index (χ1) is 14.7. The number of phenols is 1. The van der Waals surface area contributed by atoms with Gasteiger partial charge in [-0.25, -0.2) is 0 Å². The number of carbonyl (C=O) groups excluding carboxylic acids is 1. The molecule has 2 aromatic heterocycles. The third-order valence-electron chi connectivity index (χ3n) is 6.05. The highest BCUT2D eigenvalue weighted by atomic mass is 32.1. The van der Waals surface area contributed by atoms with Crippen LogP contribution < -0.4 is 4.90 Å².